The first-order chi connectivity index (χ1) is 12.2. The van der Waals surface area contributed by atoms with E-state index in [-0.39, 0.29) is 18.2 Å². The minimum absolute atomic E-state index is 0.00120. The topological polar surface area (TPSA) is 50.7 Å². The van der Waals surface area contributed by atoms with Gasteiger partial charge in [-0.2, -0.15) is 0 Å². The van der Waals surface area contributed by atoms with Crippen LogP contribution in [0.3, 0.4) is 0 Å². The normalized spacial score (nSPS) is 20.2. The van der Waals surface area contributed by atoms with Crippen LogP contribution < -0.4 is 14.8 Å². The molecule has 0 spiro atoms. The van der Waals surface area contributed by atoms with Crippen LogP contribution in [-0.4, -0.2) is 31.5 Å². The molecule has 3 rings (SSSR count). The van der Waals surface area contributed by atoms with Crippen LogP contribution in [0.1, 0.15) is 36.1 Å². The van der Waals surface area contributed by atoms with Gasteiger partial charge in [0.15, 0.2) is 11.5 Å². The zero-order valence-electron chi connectivity index (χ0n) is 15.2. The van der Waals surface area contributed by atoms with Crippen LogP contribution in [0.4, 0.5) is 0 Å². The summed E-state index contributed by atoms with van der Waals surface area (Å²) < 4.78 is 10.7. The third-order valence-electron chi connectivity index (χ3n) is 5.04. The second-order valence-electron chi connectivity index (χ2n) is 6.61. The van der Waals surface area contributed by atoms with Crippen molar-refractivity contribution in [1.29, 1.82) is 0 Å². The van der Waals surface area contributed by atoms with Crippen molar-refractivity contribution in [1.82, 2.24) is 5.32 Å². The van der Waals surface area contributed by atoms with E-state index in [4.69, 9.17) is 9.47 Å². The lowest BCUT2D eigenvalue weighted by Gasteiger charge is -2.25. The Labute approximate surface area is 149 Å². The maximum absolute atomic E-state index is 10.5. The highest BCUT2D eigenvalue weighted by Gasteiger charge is 2.31. The predicted molar refractivity (Wildman–Crippen MR) is 99.4 cm³/mol. The molecule has 25 heavy (non-hydrogen) atoms. The molecule has 1 unspecified atom stereocenters. The average molecular weight is 341 g/mol. The van der Waals surface area contributed by atoms with Crippen LogP contribution in [-0.2, 0) is 12.8 Å². The van der Waals surface area contributed by atoms with Gasteiger partial charge in [0.25, 0.3) is 0 Å². The summed E-state index contributed by atoms with van der Waals surface area (Å²) in [5.41, 5.74) is 3.66. The summed E-state index contributed by atoms with van der Waals surface area (Å²) in [5.74, 6) is 1.49. The van der Waals surface area contributed by atoms with E-state index < -0.39 is 0 Å². The molecule has 3 atom stereocenters. The number of hydrogen-bond donors (Lipinski definition) is 2. The summed E-state index contributed by atoms with van der Waals surface area (Å²) in [6.07, 6.45) is 2.22. The van der Waals surface area contributed by atoms with Gasteiger partial charge < -0.3 is 19.9 Å². The minimum Gasteiger partial charge on any atom is -0.493 e. The Hall–Kier alpha value is -2.04. The van der Waals surface area contributed by atoms with Gasteiger partial charge >= 0.3 is 0 Å². The first-order valence-electron chi connectivity index (χ1n) is 8.89. The molecule has 2 aromatic carbocycles. The van der Waals surface area contributed by atoms with Gasteiger partial charge in [0.1, 0.15) is 0 Å². The molecule has 2 aromatic rings. The van der Waals surface area contributed by atoms with Gasteiger partial charge in [-0.3, -0.25) is 0 Å². The number of aliphatic hydroxyl groups excluding tert-OH is 1. The highest BCUT2D eigenvalue weighted by molar-refractivity contribution is 5.43. The highest BCUT2D eigenvalue weighted by atomic mass is 16.5. The molecular formula is C21H27NO3. The maximum atomic E-state index is 10.5. The molecule has 4 heteroatoms. The predicted octanol–water partition coefficient (Wildman–Crippen LogP) is 3.27. The fourth-order valence-electron chi connectivity index (χ4n) is 3.64. The first kappa shape index (κ1) is 17.8. The molecule has 4 nitrogen and oxygen atoms in total. The van der Waals surface area contributed by atoms with Crippen LogP contribution in [0.5, 0.6) is 11.5 Å². The van der Waals surface area contributed by atoms with Crippen LogP contribution in [0.15, 0.2) is 42.5 Å². The van der Waals surface area contributed by atoms with E-state index in [1.54, 1.807) is 14.2 Å². The smallest absolute Gasteiger partial charge is 0.160 e. The molecule has 0 heterocycles. The molecule has 0 amide bonds. The van der Waals surface area contributed by atoms with E-state index in [0.717, 1.165) is 30.8 Å². The summed E-state index contributed by atoms with van der Waals surface area (Å²) in [6, 6.07) is 14.6. The van der Waals surface area contributed by atoms with Crippen LogP contribution in [0.25, 0.3) is 0 Å². The lowest BCUT2D eigenvalue weighted by atomic mass is 10.0. The summed E-state index contributed by atoms with van der Waals surface area (Å²) >= 11 is 0. The SMILES string of the molecule is CCC(Cc1ccc(OC)c(OC)c1)N[C@@H]1c2ccccc2C[C@@H]1O. The highest BCUT2D eigenvalue weighted by Crippen LogP contribution is 2.33. The van der Waals surface area contributed by atoms with Crippen molar-refractivity contribution in [2.75, 3.05) is 14.2 Å². The van der Waals surface area contributed by atoms with E-state index in [9.17, 15) is 5.11 Å². The van der Waals surface area contributed by atoms with E-state index in [1.807, 2.05) is 24.3 Å². The number of nitrogens with one attached hydrogen (secondary N) is 1. The average Bonchev–Trinajstić information content (AvgIpc) is 2.96. The van der Waals surface area contributed by atoms with Crippen molar-refractivity contribution in [3.63, 3.8) is 0 Å². The van der Waals surface area contributed by atoms with Crippen molar-refractivity contribution in [2.24, 2.45) is 0 Å². The van der Waals surface area contributed by atoms with Crippen LogP contribution in [0, 0.1) is 0 Å². The number of rotatable bonds is 7. The largest absolute Gasteiger partial charge is 0.493 e. The molecule has 0 radical (unpaired) electrons. The second-order valence-corrected chi connectivity index (χ2v) is 6.61. The molecular weight excluding hydrogens is 314 g/mol. The van der Waals surface area contributed by atoms with Gasteiger partial charge in [-0.1, -0.05) is 37.3 Å². The molecule has 2 N–H and O–H groups in total. The number of benzene rings is 2. The number of fused-ring (bicyclic) bond motifs is 1. The maximum Gasteiger partial charge on any atom is 0.160 e. The Morgan fingerprint density at radius 2 is 1.88 bits per heavy atom. The van der Waals surface area contributed by atoms with Crippen molar-refractivity contribution >= 4 is 0 Å². The van der Waals surface area contributed by atoms with Gasteiger partial charge in [-0.25, -0.2) is 0 Å². The van der Waals surface area contributed by atoms with Crippen LogP contribution >= 0.6 is 0 Å². The van der Waals surface area contributed by atoms with E-state index in [0.29, 0.717) is 0 Å². The van der Waals surface area contributed by atoms with Gasteiger partial charge in [0.2, 0.25) is 0 Å². The fraction of sp³-hybridized carbons (Fsp3) is 0.429. The van der Waals surface area contributed by atoms with Crippen molar-refractivity contribution < 1.29 is 14.6 Å². The fourth-order valence-corrected chi connectivity index (χ4v) is 3.64. The standard InChI is InChI=1S/C21H27NO3/c1-4-16(11-14-9-10-19(24-2)20(12-14)25-3)22-21-17-8-6-5-7-15(17)13-18(21)23/h5-10,12,16,18,21-23H,4,11,13H2,1-3H3/t16?,18-,21+/m0/s1. The Kier molecular flexibility index (Phi) is 5.61. The molecule has 0 aliphatic heterocycles. The number of methoxy groups -OCH3 is 2. The molecule has 1 aliphatic rings. The quantitative estimate of drug-likeness (QED) is 0.811. The molecule has 0 aromatic heterocycles. The summed E-state index contributed by atoms with van der Waals surface area (Å²) in [7, 11) is 3.30. The van der Waals surface area contributed by atoms with E-state index in [2.05, 4.69) is 30.4 Å². The summed E-state index contributed by atoms with van der Waals surface area (Å²) in [4.78, 5) is 0. The zero-order valence-corrected chi connectivity index (χ0v) is 15.2. The Balaban J connectivity index is 1.73. The Bertz CT molecular complexity index is 716. The molecule has 1 aliphatic carbocycles. The lowest BCUT2D eigenvalue weighted by molar-refractivity contribution is 0.134. The van der Waals surface area contributed by atoms with Gasteiger partial charge in [0, 0.05) is 12.5 Å². The Morgan fingerprint density at radius 3 is 2.60 bits per heavy atom. The second kappa shape index (κ2) is 7.89. The number of aliphatic hydroxyl groups is 1. The van der Waals surface area contributed by atoms with Gasteiger partial charge in [-0.05, 0) is 41.7 Å². The van der Waals surface area contributed by atoms with E-state index in [1.165, 1.54) is 16.7 Å². The monoisotopic (exact) mass is 341 g/mol. The summed E-state index contributed by atoms with van der Waals surface area (Å²) in [5, 5.41) is 14.1. The zero-order chi connectivity index (χ0) is 17.8. The van der Waals surface area contributed by atoms with Crippen molar-refractivity contribution in [3.8, 4) is 11.5 Å². The molecule has 0 saturated heterocycles. The Morgan fingerprint density at radius 1 is 1.12 bits per heavy atom. The first-order valence-corrected chi connectivity index (χ1v) is 8.89. The van der Waals surface area contributed by atoms with E-state index >= 15 is 0 Å². The minimum atomic E-state index is -0.364. The third-order valence-corrected chi connectivity index (χ3v) is 5.04. The van der Waals surface area contributed by atoms with Gasteiger partial charge in [-0.15, -0.1) is 0 Å². The van der Waals surface area contributed by atoms with Gasteiger partial charge in [0.05, 0.1) is 26.4 Å². The molecule has 134 valence electrons. The number of hydrogen-bond acceptors (Lipinski definition) is 4. The van der Waals surface area contributed by atoms with Crippen molar-refractivity contribution in [2.45, 2.75) is 44.4 Å². The summed E-state index contributed by atoms with van der Waals surface area (Å²) in [6.45, 7) is 2.17. The lowest BCUT2D eigenvalue weighted by Crippen LogP contribution is -2.38. The molecule has 0 bridgehead atoms. The van der Waals surface area contributed by atoms with Crippen molar-refractivity contribution in [3.05, 3.63) is 59.2 Å². The third kappa shape index (κ3) is 3.80. The molecule has 0 saturated carbocycles. The van der Waals surface area contributed by atoms with Crippen LogP contribution in [0.2, 0.25) is 0 Å². The molecule has 0 fully saturated rings. The number of ether oxygens (including phenoxy) is 2.